The van der Waals surface area contributed by atoms with Crippen molar-refractivity contribution < 1.29 is 0 Å². The smallest absolute Gasteiger partial charge is 0.0241 e. The van der Waals surface area contributed by atoms with Crippen LogP contribution in [0.2, 0.25) is 0 Å². The normalized spacial score (nSPS) is 10.7. The molecule has 0 amide bonds. The van der Waals surface area contributed by atoms with Crippen molar-refractivity contribution in [3.8, 4) is 0 Å². The summed E-state index contributed by atoms with van der Waals surface area (Å²) in [6.45, 7) is 14.8. The summed E-state index contributed by atoms with van der Waals surface area (Å²) in [6, 6.07) is 0. The first kappa shape index (κ1) is 13.0. The summed E-state index contributed by atoms with van der Waals surface area (Å²) in [5.74, 6) is 0. The van der Waals surface area contributed by atoms with Crippen molar-refractivity contribution in [1.29, 1.82) is 0 Å². The molecular formula is C13H18N2. The molecule has 0 radical (unpaired) electrons. The maximum Gasteiger partial charge on any atom is 0.0241 e. The average molecular weight is 202 g/mol. The first-order chi connectivity index (χ1) is 6.91. The van der Waals surface area contributed by atoms with Gasteiger partial charge < -0.3 is 11.5 Å². The number of hydrogen-bond donors (Lipinski definition) is 2. The molecule has 0 aliphatic heterocycles. The number of allylic oxidation sites excluding steroid dienone is 6. The molecule has 0 aromatic heterocycles. The summed E-state index contributed by atoms with van der Waals surface area (Å²) in [4.78, 5) is 0. The van der Waals surface area contributed by atoms with Crippen molar-refractivity contribution in [2.75, 3.05) is 0 Å². The molecule has 4 N–H and O–H groups in total. The van der Waals surface area contributed by atoms with Gasteiger partial charge in [0.2, 0.25) is 0 Å². The Morgan fingerprint density at radius 3 is 1.33 bits per heavy atom. The zero-order chi connectivity index (χ0) is 11.8. The molecular weight excluding hydrogens is 184 g/mol. The predicted molar refractivity (Wildman–Crippen MR) is 67.8 cm³/mol. The standard InChI is InChI=1S/C13H18N2/c1-10(5-7-12(3)14)9-11(2)6-8-13(4)15/h5-8H,1-4,9,14-15H2/b7-5-,8-6-. The molecule has 0 bridgehead atoms. The van der Waals surface area contributed by atoms with Crippen LogP contribution in [0.4, 0.5) is 0 Å². The van der Waals surface area contributed by atoms with Crippen LogP contribution < -0.4 is 11.5 Å². The summed E-state index contributed by atoms with van der Waals surface area (Å²) in [6.07, 6.45) is 7.73. The molecule has 0 unspecified atom stereocenters. The highest BCUT2D eigenvalue weighted by Crippen LogP contribution is 2.10. The Morgan fingerprint density at radius 2 is 1.07 bits per heavy atom. The number of rotatable bonds is 6. The van der Waals surface area contributed by atoms with Crippen molar-refractivity contribution in [3.05, 3.63) is 73.2 Å². The van der Waals surface area contributed by atoms with Gasteiger partial charge in [0, 0.05) is 11.4 Å². The fourth-order valence-electron chi connectivity index (χ4n) is 0.859. The Balaban J connectivity index is 4.14. The minimum atomic E-state index is 0.507. The lowest BCUT2D eigenvalue weighted by molar-refractivity contribution is 1.22. The van der Waals surface area contributed by atoms with Crippen molar-refractivity contribution in [3.63, 3.8) is 0 Å². The van der Waals surface area contributed by atoms with Gasteiger partial charge in [0.25, 0.3) is 0 Å². The summed E-state index contributed by atoms with van der Waals surface area (Å²) in [5, 5.41) is 0. The molecule has 0 rings (SSSR count). The van der Waals surface area contributed by atoms with Crippen molar-refractivity contribution in [1.82, 2.24) is 0 Å². The number of hydrogen-bond acceptors (Lipinski definition) is 2. The Labute approximate surface area is 91.7 Å². The third-order valence-corrected chi connectivity index (χ3v) is 1.52. The fraction of sp³-hybridized carbons (Fsp3) is 0.0769. The quantitative estimate of drug-likeness (QED) is 0.650. The molecule has 0 heterocycles. The Bertz CT molecular complexity index is 310. The van der Waals surface area contributed by atoms with E-state index in [1.54, 1.807) is 12.2 Å². The SMILES string of the molecule is C=C(N)/C=C\C(=C)CC(=C)/C=C\C(=C)N. The highest BCUT2D eigenvalue weighted by Gasteiger charge is 1.91. The third-order valence-electron chi connectivity index (χ3n) is 1.52. The molecule has 0 saturated carbocycles. The minimum Gasteiger partial charge on any atom is -0.399 e. The van der Waals surface area contributed by atoms with Gasteiger partial charge in [0.05, 0.1) is 0 Å². The van der Waals surface area contributed by atoms with E-state index in [9.17, 15) is 0 Å². The lowest BCUT2D eigenvalue weighted by atomic mass is 10.1. The van der Waals surface area contributed by atoms with Crippen LogP contribution in [0.5, 0.6) is 0 Å². The zero-order valence-electron chi connectivity index (χ0n) is 9.00. The average Bonchev–Trinajstić information content (AvgIpc) is 2.11. The molecule has 0 aliphatic rings. The van der Waals surface area contributed by atoms with Crippen LogP contribution in [0.15, 0.2) is 73.2 Å². The highest BCUT2D eigenvalue weighted by molar-refractivity contribution is 5.31. The van der Waals surface area contributed by atoms with E-state index in [1.807, 2.05) is 12.2 Å². The molecule has 0 spiro atoms. The van der Waals surface area contributed by atoms with Gasteiger partial charge in [-0.3, -0.25) is 0 Å². The van der Waals surface area contributed by atoms with Gasteiger partial charge >= 0.3 is 0 Å². The Morgan fingerprint density at radius 1 is 0.733 bits per heavy atom. The first-order valence-corrected chi connectivity index (χ1v) is 4.52. The third kappa shape index (κ3) is 8.37. The minimum absolute atomic E-state index is 0.507. The van der Waals surface area contributed by atoms with Crippen LogP contribution in [-0.2, 0) is 0 Å². The number of nitrogens with two attached hydrogens (primary N) is 2. The van der Waals surface area contributed by atoms with Gasteiger partial charge in [-0.2, -0.15) is 0 Å². The van der Waals surface area contributed by atoms with E-state index in [0.717, 1.165) is 11.1 Å². The molecule has 0 aromatic rings. The predicted octanol–water partition coefficient (Wildman–Crippen LogP) is 2.55. The van der Waals surface area contributed by atoms with E-state index in [4.69, 9.17) is 11.5 Å². The largest absolute Gasteiger partial charge is 0.399 e. The van der Waals surface area contributed by atoms with Crippen LogP contribution in [0.3, 0.4) is 0 Å². The van der Waals surface area contributed by atoms with Crippen LogP contribution in [-0.4, -0.2) is 0 Å². The van der Waals surface area contributed by atoms with Gasteiger partial charge in [-0.25, -0.2) is 0 Å². The maximum absolute atomic E-state index is 5.38. The summed E-state index contributed by atoms with van der Waals surface area (Å²) >= 11 is 0. The monoisotopic (exact) mass is 202 g/mol. The van der Waals surface area contributed by atoms with Crippen LogP contribution in [0.1, 0.15) is 6.42 Å². The van der Waals surface area contributed by atoms with Gasteiger partial charge in [0.15, 0.2) is 0 Å². The molecule has 0 fully saturated rings. The van der Waals surface area contributed by atoms with E-state index < -0.39 is 0 Å². The van der Waals surface area contributed by atoms with E-state index in [0.29, 0.717) is 17.8 Å². The molecule has 15 heavy (non-hydrogen) atoms. The van der Waals surface area contributed by atoms with E-state index in [1.165, 1.54) is 0 Å². The lowest BCUT2D eigenvalue weighted by Crippen LogP contribution is -1.90. The summed E-state index contributed by atoms with van der Waals surface area (Å²) in [5.41, 5.74) is 13.6. The molecule has 2 heteroatoms. The van der Waals surface area contributed by atoms with Gasteiger partial charge in [-0.15, -0.1) is 0 Å². The van der Waals surface area contributed by atoms with Crippen molar-refractivity contribution in [2.24, 2.45) is 11.5 Å². The second-order valence-corrected chi connectivity index (χ2v) is 3.31. The Hall–Kier alpha value is -1.96. The van der Waals surface area contributed by atoms with Gasteiger partial charge in [0.1, 0.15) is 0 Å². The summed E-state index contributed by atoms with van der Waals surface area (Å²) < 4.78 is 0. The first-order valence-electron chi connectivity index (χ1n) is 4.52. The zero-order valence-corrected chi connectivity index (χ0v) is 9.00. The molecule has 0 aromatic carbocycles. The molecule has 80 valence electrons. The van der Waals surface area contributed by atoms with Crippen LogP contribution >= 0.6 is 0 Å². The van der Waals surface area contributed by atoms with Crippen molar-refractivity contribution >= 4 is 0 Å². The second-order valence-electron chi connectivity index (χ2n) is 3.31. The van der Waals surface area contributed by atoms with Gasteiger partial charge in [-0.1, -0.05) is 49.6 Å². The summed E-state index contributed by atoms with van der Waals surface area (Å²) in [7, 11) is 0. The van der Waals surface area contributed by atoms with E-state index in [2.05, 4.69) is 26.3 Å². The molecule has 0 aliphatic carbocycles. The van der Waals surface area contributed by atoms with Crippen LogP contribution in [0, 0.1) is 0 Å². The molecule has 2 nitrogen and oxygen atoms in total. The second kappa shape index (κ2) is 6.49. The molecule has 0 atom stereocenters. The van der Waals surface area contributed by atoms with E-state index >= 15 is 0 Å². The maximum atomic E-state index is 5.38. The highest BCUT2D eigenvalue weighted by atomic mass is 14.5. The Kier molecular flexibility index (Phi) is 5.64. The van der Waals surface area contributed by atoms with E-state index in [-0.39, 0.29) is 0 Å². The van der Waals surface area contributed by atoms with Crippen molar-refractivity contribution in [2.45, 2.75) is 6.42 Å². The topological polar surface area (TPSA) is 52.0 Å². The lowest BCUT2D eigenvalue weighted by Gasteiger charge is -2.00. The van der Waals surface area contributed by atoms with Crippen LogP contribution in [0.25, 0.3) is 0 Å². The molecule has 0 saturated heterocycles. The fourth-order valence-corrected chi connectivity index (χ4v) is 0.859. The van der Waals surface area contributed by atoms with Gasteiger partial charge in [-0.05, 0) is 18.6 Å².